The fraction of sp³-hybridized carbons (Fsp3) is 0.895. The highest BCUT2D eigenvalue weighted by atomic mass is 16.6. The summed E-state index contributed by atoms with van der Waals surface area (Å²) in [6.45, 7) is 6.17. The van der Waals surface area contributed by atoms with Gasteiger partial charge in [-0.25, -0.2) is 4.79 Å². The summed E-state index contributed by atoms with van der Waals surface area (Å²) in [5.74, 6) is -0.712. The second-order valence-corrected chi connectivity index (χ2v) is 8.72. The Morgan fingerprint density at radius 3 is 2.60 bits per heavy atom. The number of fused-ring (bicyclic) bond motifs is 3. The molecule has 2 bridgehead atoms. The predicted molar refractivity (Wildman–Crippen MR) is 87.8 cm³/mol. The standard InChI is InChI=1S/C19H28O6/c1-11(23-17(21)13-5-6-18(2)9-14(13)24-18)16(20)22-10-12-4-7-19(3)15(8-12)25-19/h11-15H,4-10H2,1-3H3. The molecule has 5 aliphatic rings. The zero-order valence-electron chi connectivity index (χ0n) is 15.3. The number of rotatable bonds is 5. The summed E-state index contributed by atoms with van der Waals surface area (Å²) in [7, 11) is 0. The summed E-state index contributed by atoms with van der Waals surface area (Å²) in [4.78, 5) is 24.5. The number of carbonyl (C=O) groups is 2. The number of carbonyl (C=O) groups excluding carboxylic acids is 2. The molecule has 7 atom stereocenters. The maximum absolute atomic E-state index is 12.3. The lowest BCUT2D eigenvalue weighted by Crippen LogP contribution is -2.58. The molecule has 5 rings (SSSR count). The number of hydrogen-bond acceptors (Lipinski definition) is 6. The molecule has 3 saturated heterocycles. The molecule has 0 N–H and O–H groups in total. The van der Waals surface area contributed by atoms with Crippen LogP contribution >= 0.6 is 0 Å². The molecule has 140 valence electrons. The van der Waals surface area contributed by atoms with Crippen molar-refractivity contribution in [3.63, 3.8) is 0 Å². The molecule has 6 nitrogen and oxygen atoms in total. The van der Waals surface area contributed by atoms with Crippen molar-refractivity contribution < 1.29 is 28.5 Å². The van der Waals surface area contributed by atoms with Crippen LogP contribution in [-0.2, 0) is 28.5 Å². The van der Waals surface area contributed by atoms with Crippen LogP contribution in [-0.4, -0.2) is 48.1 Å². The van der Waals surface area contributed by atoms with Gasteiger partial charge in [-0.05, 0) is 58.8 Å². The number of hydrogen-bond donors (Lipinski definition) is 0. The van der Waals surface area contributed by atoms with Crippen LogP contribution in [0.1, 0.15) is 59.3 Å². The first-order valence-electron chi connectivity index (χ1n) is 9.51. The molecule has 6 heteroatoms. The van der Waals surface area contributed by atoms with Gasteiger partial charge in [0.25, 0.3) is 0 Å². The van der Waals surface area contributed by atoms with Crippen LogP contribution in [0.15, 0.2) is 0 Å². The lowest BCUT2D eigenvalue weighted by atomic mass is 9.72. The first-order valence-corrected chi connectivity index (χ1v) is 9.51. The molecule has 3 heterocycles. The first kappa shape index (κ1) is 17.3. The quantitative estimate of drug-likeness (QED) is 0.559. The monoisotopic (exact) mass is 352 g/mol. The van der Waals surface area contributed by atoms with E-state index in [1.54, 1.807) is 6.92 Å². The van der Waals surface area contributed by atoms with Crippen molar-refractivity contribution in [1.82, 2.24) is 0 Å². The molecule has 0 spiro atoms. The minimum absolute atomic E-state index is 0.0483. The molecule has 3 aliphatic heterocycles. The molecule has 0 radical (unpaired) electrons. The molecule has 2 aliphatic carbocycles. The van der Waals surface area contributed by atoms with Gasteiger partial charge in [0.1, 0.15) is 0 Å². The Labute approximate surface area is 148 Å². The molecule has 5 fully saturated rings. The van der Waals surface area contributed by atoms with Crippen LogP contribution in [0.3, 0.4) is 0 Å². The Morgan fingerprint density at radius 1 is 1.20 bits per heavy atom. The topological polar surface area (TPSA) is 74.4 Å². The van der Waals surface area contributed by atoms with E-state index in [0.717, 1.165) is 38.5 Å². The number of epoxide rings is 1. The van der Waals surface area contributed by atoms with Gasteiger partial charge in [0.05, 0.1) is 35.9 Å². The van der Waals surface area contributed by atoms with Gasteiger partial charge in [0.2, 0.25) is 0 Å². The van der Waals surface area contributed by atoms with Crippen LogP contribution in [0.5, 0.6) is 0 Å². The van der Waals surface area contributed by atoms with Gasteiger partial charge < -0.3 is 18.9 Å². The number of ether oxygens (including phenoxy) is 4. The molecule has 0 amide bonds. The van der Waals surface area contributed by atoms with Crippen LogP contribution < -0.4 is 0 Å². The lowest BCUT2D eigenvalue weighted by Gasteiger charge is -2.53. The van der Waals surface area contributed by atoms with Gasteiger partial charge >= 0.3 is 11.9 Å². The van der Waals surface area contributed by atoms with Crippen LogP contribution in [0.25, 0.3) is 0 Å². The van der Waals surface area contributed by atoms with Crippen LogP contribution in [0.2, 0.25) is 0 Å². The highest BCUT2D eigenvalue weighted by molar-refractivity contribution is 5.80. The van der Waals surface area contributed by atoms with E-state index in [1.807, 2.05) is 0 Å². The SMILES string of the molecule is CC(OC(=O)C1CCC2(C)CC1O2)C(=O)OCC1CCC2(C)OC2C1. The van der Waals surface area contributed by atoms with Gasteiger partial charge in [-0.1, -0.05) is 0 Å². The molecule has 2 saturated carbocycles. The first-order chi connectivity index (χ1) is 11.8. The van der Waals surface area contributed by atoms with E-state index in [-0.39, 0.29) is 29.2 Å². The van der Waals surface area contributed by atoms with E-state index in [1.165, 1.54) is 0 Å². The van der Waals surface area contributed by atoms with Gasteiger partial charge in [0, 0.05) is 6.42 Å². The summed E-state index contributed by atoms with van der Waals surface area (Å²) in [6.07, 6.45) is 4.90. The third kappa shape index (κ3) is 3.31. The Morgan fingerprint density at radius 2 is 1.96 bits per heavy atom. The van der Waals surface area contributed by atoms with E-state index in [2.05, 4.69) is 13.8 Å². The van der Waals surface area contributed by atoms with Gasteiger partial charge in [-0.15, -0.1) is 0 Å². The average Bonchev–Trinajstić information content (AvgIpc) is 3.22. The fourth-order valence-corrected chi connectivity index (χ4v) is 4.58. The highest BCUT2D eigenvalue weighted by Gasteiger charge is 2.55. The Kier molecular flexibility index (Phi) is 4.11. The van der Waals surface area contributed by atoms with Crippen molar-refractivity contribution in [2.45, 2.75) is 88.8 Å². The second kappa shape index (κ2) is 5.95. The molecule has 7 unspecified atom stereocenters. The van der Waals surface area contributed by atoms with Crippen molar-refractivity contribution in [2.24, 2.45) is 11.8 Å². The van der Waals surface area contributed by atoms with E-state index >= 15 is 0 Å². The minimum Gasteiger partial charge on any atom is -0.463 e. The average molecular weight is 352 g/mol. The Bertz CT molecular complexity index is 563. The summed E-state index contributed by atoms with van der Waals surface area (Å²) in [6, 6.07) is 0. The number of esters is 2. The summed E-state index contributed by atoms with van der Waals surface area (Å²) >= 11 is 0. The third-order valence-corrected chi connectivity index (χ3v) is 6.52. The molecular formula is C19H28O6. The maximum Gasteiger partial charge on any atom is 0.347 e. The van der Waals surface area contributed by atoms with Crippen molar-refractivity contribution in [3.8, 4) is 0 Å². The predicted octanol–water partition coefficient (Wildman–Crippen LogP) is 2.38. The van der Waals surface area contributed by atoms with Crippen molar-refractivity contribution in [2.75, 3.05) is 6.61 Å². The van der Waals surface area contributed by atoms with E-state index < -0.39 is 12.1 Å². The highest BCUT2D eigenvalue weighted by Crippen LogP contribution is 2.49. The van der Waals surface area contributed by atoms with Gasteiger partial charge in [-0.2, -0.15) is 0 Å². The van der Waals surface area contributed by atoms with Crippen LogP contribution in [0, 0.1) is 11.8 Å². The molecular weight excluding hydrogens is 324 g/mol. The largest absolute Gasteiger partial charge is 0.463 e. The van der Waals surface area contributed by atoms with E-state index in [9.17, 15) is 9.59 Å². The zero-order chi connectivity index (χ0) is 17.8. The maximum atomic E-state index is 12.3. The van der Waals surface area contributed by atoms with E-state index in [0.29, 0.717) is 18.6 Å². The Hall–Kier alpha value is -1.14. The Balaban J connectivity index is 1.19. The summed E-state index contributed by atoms with van der Waals surface area (Å²) in [5, 5.41) is 0. The van der Waals surface area contributed by atoms with E-state index in [4.69, 9.17) is 18.9 Å². The smallest absolute Gasteiger partial charge is 0.347 e. The molecule has 0 aromatic rings. The normalized spacial score (nSPS) is 45.6. The van der Waals surface area contributed by atoms with Crippen molar-refractivity contribution >= 4 is 11.9 Å². The van der Waals surface area contributed by atoms with Crippen LogP contribution in [0.4, 0.5) is 0 Å². The second-order valence-electron chi connectivity index (χ2n) is 8.72. The molecule has 0 aromatic carbocycles. The molecule has 0 aromatic heterocycles. The van der Waals surface area contributed by atoms with Gasteiger partial charge in [0.15, 0.2) is 6.10 Å². The zero-order valence-corrected chi connectivity index (χ0v) is 15.3. The third-order valence-electron chi connectivity index (χ3n) is 6.52. The van der Waals surface area contributed by atoms with Gasteiger partial charge in [-0.3, -0.25) is 4.79 Å². The summed E-state index contributed by atoms with van der Waals surface area (Å²) < 4.78 is 22.2. The molecule has 25 heavy (non-hydrogen) atoms. The van der Waals surface area contributed by atoms with Crippen molar-refractivity contribution in [3.05, 3.63) is 0 Å². The summed E-state index contributed by atoms with van der Waals surface area (Å²) in [5.41, 5.74) is 0.0241. The minimum atomic E-state index is -0.869. The lowest BCUT2D eigenvalue weighted by molar-refractivity contribution is -0.252. The van der Waals surface area contributed by atoms with Crippen molar-refractivity contribution in [1.29, 1.82) is 0 Å². The fourth-order valence-electron chi connectivity index (χ4n) is 4.58.